The summed E-state index contributed by atoms with van der Waals surface area (Å²) in [6.45, 7) is 2.15. The molecule has 188 valence electrons. The highest BCUT2D eigenvalue weighted by Crippen LogP contribution is 2.44. The van der Waals surface area contributed by atoms with Crippen LogP contribution in [0.25, 0.3) is 11.2 Å². The van der Waals surface area contributed by atoms with Gasteiger partial charge in [-0.15, -0.1) is 0 Å². The van der Waals surface area contributed by atoms with Crippen molar-refractivity contribution in [3.63, 3.8) is 0 Å². The summed E-state index contributed by atoms with van der Waals surface area (Å²) < 4.78 is 70.9. The highest BCUT2D eigenvalue weighted by atomic mass is 19.4. The summed E-state index contributed by atoms with van der Waals surface area (Å²) in [4.78, 5) is 20.0. The van der Waals surface area contributed by atoms with E-state index in [2.05, 4.69) is 29.9 Å². The lowest BCUT2D eigenvalue weighted by Crippen LogP contribution is -2.42. The van der Waals surface area contributed by atoms with Gasteiger partial charge in [-0.2, -0.15) is 23.3 Å². The molecule has 5 rings (SSSR count). The Morgan fingerprint density at radius 2 is 1.71 bits per heavy atom. The third-order valence-corrected chi connectivity index (χ3v) is 6.75. The number of ether oxygens (including phenoxy) is 1. The molecule has 35 heavy (non-hydrogen) atoms. The van der Waals surface area contributed by atoms with Gasteiger partial charge in [-0.1, -0.05) is 0 Å². The number of aromatic nitrogens is 6. The van der Waals surface area contributed by atoms with E-state index in [1.165, 1.54) is 19.5 Å². The van der Waals surface area contributed by atoms with Gasteiger partial charge < -0.3 is 14.5 Å². The molecular formula is C21H23F5N8O. The highest BCUT2D eigenvalue weighted by Gasteiger charge is 2.42. The van der Waals surface area contributed by atoms with Crippen molar-refractivity contribution in [1.29, 1.82) is 0 Å². The van der Waals surface area contributed by atoms with Crippen molar-refractivity contribution in [2.75, 3.05) is 43.1 Å². The summed E-state index contributed by atoms with van der Waals surface area (Å²) in [5, 5.41) is 3.95. The lowest BCUT2D eigenvalue weighted by atomic mass is 9.78. The minimum Gasteiger partial charge on any atom is -0.479 e. The number of hydrogen-bond donors (Lipinski definition) is 0. The summed E-state index contributed by atoms with van der Waals surface area (Å²) in [6.07, 6.45) is -0.419. The monoisotopic (exact) mass is 498 g/mol. The van der Waals surface area contributed by atoms with E-state index in [9.17, 15) is 22.0 Å². The number of rotatable bonds is 5. The molecule has 9 nitrogen and oxygen atoms in total. The molecule has 0 amide bonds. The number of halogens is 5. The van der Waals surface area contributed by atoms with E-state index in [0.717, 1.165) is 23.9 Å². The fraction of sp³-hybridized carbons (Fsp3) is 0.571. The summed E-state index contributed by atoms with van der Waals surface area (Å²) in [6, 6.07) is 0. The second kappa shape index (κ2) is 8.72. The molecule has 2 fully saturated rings. The lowest BCUT2D eigenvalue weighted by molar-refractivity contribution is -0.145. The van der Waals surface area contributed by atoms with Crippen LogP contribution in [0.3, 0.4) is 0 Å². The Kier molecular flexibility index (Phi) is 5.83. The van der Waals surface area contributed by atoms with Crippen LogP contribution in [0.2, 0.25) is 0 Å². The van der Waals surface area contributed by atoms with Gasteiger partial charge >= 0.3 is 6.18 Å². The zero-order valence-corrected chi connectivity index (χ0v) is 18.8. The Labute approximate surface area is 196 Å². The largest absolute Gasteiger partial charge is 0.479 e. The fourth-order valence-electron chi connectivity index (χ4n) is 4.88. The van der Waals surface area contributed by atoms with Gasteiger partial charge in [0.1, 0.15) is 23.6 Å². The van der Waals surface area contributed by atoms with E-state index in [1.54, 1.807) is 6.20 Å². The van der Waals surface area contributed by atoms with Crippen molar-refractivity contribution in [1.82, 2.24) is 29.7 Å². The summed E-state index contributed by atoms with van der Waals surface area (Å²) in [7, 11) is 1.29. The first-order chi connectivity index (χ1) is 16.7. The molecule has 0 saturated carbocycles. The van der Waals surface area contributed by atoms with E-state index in [4.69, 9.17) is 4.74 Å². The SMILES string of the molecule is COc1nc(C(F)(F)F)ncc1N1CCC2(CCN(c3cnc4cnn(CC(F)F)c4n3)CC2)C1. The second-order valence-electron chi connectivity index (χ2n) is 8.90. The molecular weight excluding hydrogens is 475 g/mol. The molecule has 3 aromatic heterocycles. The maximum absolute atomic E-state index is 13.0. The van der Waals surface area contributed by atoms with Crippen LogP contribution in [0.15, 0.2) is 18.6 Å². The van der Waals surface area contributed by atoms with Crippen LogP contribution in [0.5, 0.6) is 5.88 Å². The molecule has 0 radical (unpaired) electrons. The average molecular weight is 498 g/mol. The topological polar surface area (TPSA) is 85.1 Å². The molecule has 0 aliphatic carbocycles. The number of hydrogen-bond acceptors (Lipinski definition) is 8. The van der Waals surface area contributed by atoms with Crippen LogP contribution in [0, 0.1) is 5.41 Å². The Balaban J connectivity index is 1.28. The van der Waals surface area contributed by atoms with Gasteiger partial charge in [0, 0.05) is 26.2 Å². The summed E-state index contributed by atoms with van der Waals surface area (Å²) >= 11 is 0. The predicted molar refractivity (Wildman–Crippen MR) is 116 cm³/mol. The lowest BCUT2D eigenvalue weighted by Gasteiger charge is -2.39. The van der Waals surface area contributed by atoms with Crippen LogP contribution in [0.4, 0.5) is 33.5 Å². The smallest absolute Gasteiger partial charge is 0.451 e. The normalized spacial score (nSPS) is 18.3. The van der Waals surface area contributed by atoms with Crippen molar-refractivity contribution in [2.24, 2.45) is 5.41 Å². The van der Waals surface area contributed by atoms with Crippen molar-refractivity contribution in [2.45, 2.75) is 38.4 Å². The maximum atomic E-state index is 13.0. The molecule has 0 unspecified atom stereocenters. The van der Waals surface area contributed by atoms with Crippen LogP contribution in [-0.2, 0) is 12.7 Å². The molecule has 2 aliphatic rings. The fourth-order valence-corrected chi connectivity index (χ4v) is 4.88. The van der Waals surface area contributed by atoms with Crippen molar-refractivity contribution in [3.05, 3.63) is 24.4 Å². The van der Waals surface area contributed by atoms with Gasteiger partial charge in [-0.25, -0.2) is 28.4 Å². The first-order valence-electron chi connectivity index (χ1n) is 11.1. The Bertz CT molecular complexity index is 1210. The van der Waals surface area contributed by atoms with E-state index in [-0.39, 0.29) is 11.3 Å². The highest BCUT2D eigenvalue weighted by molar-refractivity contribution is 5.71. The number of piperidine rings is 1. The first kappa shape index (κ1) is 23.4. The van der Waals surface area contributed by atoms with Gasteiger partial charge in [-0.05, 0) is 24.7 Å². The second-order valence-corrected chi connectivity index (χ2v) is 8.90. The molecule has 2 saturated heterocycles. The Morgan fingerprint density at radius 1 is 1.00 bits per heavy atom. The summed E-state index contributed by atoms with van der Waals surface area (Å²) in [5.74, 6) is -0.713. The molecule has 3 aromatic rings. The average Bonchev–Trinajstić information content (AvgIpc) is 3.42. The number of anilines is 2. The standard InChI is InChI=1S/C21H23F5N8O/c1-35-18-14(9-28-19(31-18)21(24,25)26)33-7-4-20(12-33)2-5-32(6-3-20)16-10-27-13-8-29-34(11-15(22)23)17(13)30-16/h8-10,15H,2-7,11-12H2,1H3. The molecule has 0 atom stereocenters. The predicted octanol–water partition coefficient (Wildman–Crippen LogP) is 3.41. The van der Waals surface area contributed by atoms with Gasteiger partial charge in [0.05, 0.1) is 25.7 Å². The van der Waals surface area contributed by atoms with Crippen molar-refractivity contribution in [3.8, 4) is 5.88 Å². The molecule has 5 heterocycles. The quantitative estimate of drug-likeness (QED) is 0.495. The van der Waals surface area contributed by atoms with E-state index >= 15 is 0 Å². The van der Waals surface area contributed by atoms with Crippen molar-refractivity contribution >= 4 is 22.7 Å². The first-order valence-corrected chi connectivity index (χ1v) is 11.1. The molecule has 0 N–H and O–H groups in total. The third-order valence-electron chi connectivity index (χ3n) is 6.75. The Morgan fingerprint density at radius 3 is 2.37 bits per heavy atom. The molecule has 0 bridgehead atoms. The molecule has 2 aliphatic heterocycles. The molecule has 14 heteroatoms. The van der Waals surface area contributed by atoms with Gasteiger partial charge in [0.2, 0.25) is 11.7 Å². The third kappa shape index (κ3) is 4.52. The minimum atomic E-state index is -4.64. The maximum Gasteiger partial charge on any atom is 0.451 e. The van der Waals surface area contributed by atoms with Crippen LogP contribution < -0.4 is 14.5 Å². The van der Waals surface area contributed by atoms with Crippen LogP contribution in [0.1, 0.15) is 25.1 Å². The van der Waals surface area contributed by atoms with Gasteiger partial charge in [-0.3, -0.25) is 0 Å². The number of methoxy groups -OCH3 is 1. The van der Waals surface area contributed by atoms with E-state index in [1.807, 2.05) is 4.90 Å². The van der Waals surface area contributed by atoms with Crippen LogP contribution >= 0.6 is 0 Å². The zero-order valence-electron chi connectivity index (χ0n) is 18.8. The van der Waals surface area contributed by atoms with E-state index in [0.29, 0.717) is 48.8 Å². The van der Waals surface area contributed by atoms with E-state index < -0.39 is 25.0 Å². The minimum absolute atomic E-state index is 0.0147. The summed E-state index contributed by atoms with van der Waals surface area (Å²) in [5.41, 5.74) is 1.22. The number of fused-ring (bicyclic) bond motifs is 1. The van der Waals surface area contributed by atoms with Crippen LogP contribution in [-0.4, -0.2) is 69.4 Å². The number of nitrogens with zero attached hydrogens (tertiary/aromatic N) is 8. The zero-order chi connectivity index (χ0) is 24.8. The molecule has 1 spiro atoms. The van der Waals surface area contributed by atoms with Gasteiger partial charge in [0.25, 0.3) is 6.43 Å². The van der Waals surface area contributed by atoms with Gasteiger partial charge in [0.15, 0.2) is 5.65 Å². The number of alkyl halides is 5. The van der Waals surface area contributed by atoms with Crippen molar-refractivity contribution < 1.29 is 26.7 Å². The molecule has 0 aromatic carbocycles. The Hall–Kier alpha value is -3.32.